The molecule has 2 rings (SSSR count). The van der Waals surface area contributed by atoms with E-state index in [1.165, 1.54) is 0 Å². The third kappa shape index (κ3) is 4.53. The number of pyridine rings is 1. The molecule has 1 heterocycles. The van der Waals surface area contributed by atoms with Gasteiger partial charge in [0.2, 0.25) is 8.32 Å². The molecule has 1 aromatic heterocycles. The third-order valence-electron chi connectivity index (χ3n) is 2.85. The maximum Gasteiger partial charge on any atom is 0.242 e. The van der Waals surface area contributed by atoms with Gasteiger partial charge < -0.3 is 4.43 Å². The quantitative estimate of drug-likeness (QED) is 0.603. The Kier molecular flexibility index (Phi) is 4.58. The second-order valence-electron chi connectivity index (χ2n) is 6.10. The van der Waals surface area contributed by atoms with Crippen LogP contribution in [-0.2, 0) is 0 Å². The molecule has 0 radical (unpaired) electrons. The minimum Gasteiger partial charge on any atom is -0.543 e. The number of benzene rings is 1. The van der Waals surface area contributed by atoms with Crippen LogP contribution in [0.2, 0.25) is 19.6 Å². The molecule has 0 saturated carbocycles. The number of nitrogens with zero attached hydrogens (tertiary/aromatic N) is 2. The van der Waals surface area contributed by atoms with Gasteiger partial charge in [0, 0.05) is 6.20 Å². The fourth-order valence-electron chi connectivity index (χ4n) is 1.89. The molecule has 0 saturated heterocycles. The summed E-state index contributed by atoms with van der Waals surface area (Å²) in [5, 5.41) is 0. The first kappa shape index (κ1) is 15.4. The van der Waals surface area contributed by atoms with Crippen LogP contribution in [-0.4, -0.2) is 19.0 Å². The van der Waals surface area contributed by atoms with Crippen molar-refractivity contribution in [3.63, 3.8) is 0 Å². The first-order valence-corrected chi connectivity index (χ1v) is 10.5. The van der Waals surface area contributed by atoms with E-state index in [1.54, 1.807) is 0 Å². The zero-order valence-corrected chi connectivity index (χ0v) is 14.3. The summed E-state index contributed by atoms with van der Waals surface area (Å²) in [4.78, 5) is 9.11. The Balaban J connectivity index is 2.34. The van der Waals surface area contributed by atoms with Gasteiger partial charge in [0.15, 0.2) is 0 Å². The highest BCUT2D eigenvalue weighted by Gasteiger charge is 2.18. The lowest BCUT2D eigenvalue weighted by molar-refractivity contribution is 0.559. The van der Waals surface area contributed by atoms with Crippen molar-refractivity contribution < 1.29 is 4.43 Å². The van der Waals surface area contributed by atoms with E-state index in [9.17, 15) is 0 Å². The molecule has 0 amide bonds. The fraction of sp³-hybridized carbons (Fsp3) is 0.294. The maximum atomic E-state index is 6.10. The summed E-state index contributed by atoms with van der Waals surface area (Å²) < 4.78 is 6.10. The Bertz CT molecular complexity index is 643. The molecule has 110 valence electrons. The second-order valence-corrected chi connectivity index (χ2v) is 10.5. The first-order chi connectivity index (χ1) is 9.85. The molecule has 4 heteroatoms. The van der Waals surface area contributed by atoms with Crippen LogP contribution in [0.4, 0.5) is 5.69 Å². The number of hydrogen-bond acceptors (Lipinski definition) is 3. The zero-order valence-electron chi connectivity index (χ0n) is 13.3. The van der Waals surface area contributed by atoms with Gasteiger partial charge >= 0.3 is 0 Å². The minimum atomic E-state index is -1.65. The molecule has 1 aromatic carbocycles. The van der Waals surface area contributed by atoms with E-state index < -0.39 is 8.32 Å². The van der Waals surface area contributed by atoms with Crippen LogP contribution in [0.15, 0.2) is 47.6 Å². The molecule has 0 unspecified atom stereocenters. The Labute approximate surface area is 127 Å². The molecule has 0 spiro atoms. The van der Waals surface area contributed by atoms with E-state index in [0.29, 0.717) is 0 Å². The Morgan fingerprint density at radius 2 is 1.81 bits per heavy atom. The molecule has 0 aliphatic heterocycles. The summed E-state index contributed by atoms with van der Waals surface area (Å²) in [6, 6.07) is 12.0. The highest BCUT2D eigenvalue weighted by Crippen LogP contribution is 2.29. The third-order valence-corrected chi connectivity index (χ3v) is 3.68. The minimum absolute atomic E-state index is 0.850. The number of aromatic nitrogens is 1. The summed E-state index contributed by atoms with van der Waals surface area (Å²) in [5.41, 5.74) is 3.79. The number of para-hydroxylation sites is 2. The van der Waals surface area contributed by atoms with Crippen LogP contribution < -0.4 is 4.43 Å². The van der Waals surface area contributed by atoms with E-state index in [1.807, 2.05) is 56.4 Å². The van der Waals surface area contributed by atoms with Crippen molar-refractivity contribution in [3.05, 3.63) is 53.9 Å². The molecule has 2 aromatic rings. The maximum absolute atomic E-state index is 6.10. The van der Waals surface area contributed by atoms with Crippen molar-refractivity contribution in [3.8, 4) is 5.75 Å². The summed E-state index contributed by atoms with van der Waals surface area (Å²) in [6.07, 6.45) is 1.86. The van der Waals surface area contributed by atoms with E-state index in [4.69, 9.17) is 9.42 Å². The van der Waals surface area contributed by atoms with Gasteiger partial charge in [-0.05, 0) is 57.3 Å². The SMILES string of the molecule is CC(=Nc1ccccc1O[Si](C)(C)C)c1ccc(C)cn1. The van der Waals surface area contributed by atoms with E-state index in [2.05, 4.69) is 24.6 Å². The van der Waals surface area contributed by atoms with Crippen LogP contribution in [0.25, 0.3) is 0 Å². The van der Waals surface area contributed by atoms with Gasteiger partial charge in [-0.1, -0.05) is 18.2 Å². The van der Waals surface area contributed by atoms with Crippen molar-refractivity contribution in [2.45, 2.75) is 33.5 Å². The summed E-state index contributed by atoms with van der Waals surface area (Å²) >= 11 is 0. The molecule has 0 atom stereocenters. The standard InChI is InChI=1S/C17H22N2OSi/c1-13-10-11-15(18-12-13)14(2)19-16-8-6-7-9-17(16)20-21(3,4)5/h6-12H,1-5H3. The van der Waals surface area contributed by atoms with Gasteiger partial charge in [-0.2, -0.15) is 0 Å². The number of aliphatic imine (C=N–C) groups is 1. The van der Waals surface area contributed by atoms with Crippen LogP contribution in [0.3, 0.4) is 0 Å². The lowest BCUT2D eigenvalue weighted by Crippen LogP contribution is -2.29. The Morgan fingerprint density at radius 1 is 1.10 bits per heavy atom. The van der Waals surface area contributed by atoms with Crippen molar-refractivity contribution in [2.75, 3.05) is 0 Å². The molecular formula is C17H22N2OSi. The Hall–Kier alpha value is -1.94. The topological polar surface area (TPSA) is 34.5 Å². The molecule has 0 N–H and O–H groups in total. The second kappa shape index (κ2) is 6.22. The van der Waals surface area contributed by atoms with Crippen molar-refractivity contribution >= 4 is 19.7 Å². The predicted molar refractivity (Wildman–Crippen MR) is 91.3 cm³/mol. The van der Waals surface area contributed by atoms with Crippen LogP contribution >= 0.6 is 0 Å². The van der Waals surface area contributed by atoms with Crippen molar-refractivity contribution in [1.82, 2.24) is 4.98 Å². The van der Waals surface area contributed by atoms with Gasteiger partial charge in [0.1, 0.15) is 11.4 Å². The van der Waals surface area contributed by atoms with Gasteiger partial charge in [0.05, 0.1) is 11.4 Å². The van der Waals surface area contributed by atoms with Crippen LogP contribution in [0, 0.1) is 6.92 Å². The number of aryl methyl sites for hydroxylation is 1. The van der Waals surface area contributed by atoms with Gasteiger partial charge in [-0.15, -0.1) is 0 Å². The molecule has 0 aliphatic carbocycles. The normalized spacial score (nSPS) is 12.3. The van der Waals surface area contributed by atoms with Crippen LogP contribution in [0.5, 0.6) is 5.75 Å². The molecular weight excluding hydrogens is 276 g/mol. The number of rotatable bonds is 4. The molecule has 3 nitrogen and oxygen atoms in total. The predicted octanol–water partition coefficient (Wildman–Crippen LogP) is 4.74. The Morgan fingerprint density at radius 3 is 2.43 bits per heavy atom. The highest BCUT2D eigenvalue weighted by atomic mass is 28.4. The average Bonchev–Trinajstić information content (AvgIpc) is 2.40. The lowest BCUT2D eigenvalue weighted by atomic mass is 10.2. The fourth-order valence-corrected chi connectivity index (χ4v) is 2.72. The summed E-state index contributed by atoms with van der Waals surface area (Å²) in [5.74, 6) is 0.850. The zero-order chi connectivity index (χ0) is 15.5. The molecule has 21 heavy (non-hydrogen) atoms. The summed E-state index contributed by atoms with van der Waals surface area (Å²) in [6.45, 7) is 10.5. The van der Waals surface area contributed by atoms with Crippen molar-refractivity contribution in [1.29, 1.82) is 0 Å². The van der Waals surface area contributed by atoms with Gasteiger partial charge in [0.25, 0.3) is 0 Å². The monoisotopic (exact) mass is 298 g/mol. The lowest BCUT2D eigenvalue weighted by Gasteiger charge is -2.20. The molecule has 0 bridgehead atoms. The smallest absolute Gasteiger partial charge is 0.242 e. The first-order valence-electron chi connectivity index (χ1n) is 7.11. The molecule has 0 aliphatic rings. The molecule has 0 fully saturated rings. The van der Waals surface area contributed by atoms with E-state index >= 15 is 0 Å². The summed E-state index contributed by atoms with van der Waals surface area (Å²) in [7, 11) is -1.65. The van der Waals surface area contributed by atoms with Crippen molar-refractivity contribution in [2.24, 2.45) is 4.99 Å². The largest absolute Gasteiger partial charge is 0.543 e. The van der Waals surface area contributed by atoms with Gasteiger partial charge in [-0.25, -0.2) is 4.99 Å². The highest BCUT2D eigenvalue weighted by molar-refractivity contribution is 6.70. The van der Waals surface area contributed by atoms with Crippen LogP contribution in [0.1, 0.15) is 18.2 Å². The van der Waals surface area contributed by atoms with Gasteiger partial charge in [-0.3, -0.25) is 4.98 Å². The van der Waals surface area contributed by atoms with E-state index in [0.717, 1.165) is 28.4 Å². The number of hydrogen-bond donors (Lipinski definition) is 0. The van der Waals surface area contributed by atoms with E-state index in [-0.39, 0.29) is 0 Å². The average molecular weight is 298 g/mol.